The normalized spacial score (nSPS) is 24.8. The molecule has 0 bridgehead atoms. The molecule has 2 aromatic carbocycles. The maximum atomic E-state index is 13.9. The van der Waals surface area contributed by atoms with E-state index in [2.05, 4.69) is 27.4 Å². The molecular formula is C27H28N4O2. The highest BCUT2D eigenvalue weighted by Crippen LogP contribution is 2.48. The van der Waals surface area contributed by atoms with Crippen LogP contribution in [0.3, 0.4) is 0 Å². The summed E-state index contributed by atoms with van der Waals surface area (Å²) < 4.78 is 5.42. The van der Waals surface area contributed by atoms with Gasteiger partial charge in [-0.3, -0.25) is 9.69 Å². The van der Waals surface area contributed by atoms with Crippen LogP contribution in [0.15, 0.2) is 53.1 Å². The summed E-state index contributed by atoms with van der Waals surface area (Å²) in [5.74, 6) is 3.43. The lowest BCUT2D eigenvalue weighted by molar-refractivity contribution is -0.126. The van der Waals surface area contributed by atoms with E-state index in [1.54, 1.807) is 0 Å². The van der Waals surface area contributed by atoms with E-state index in [4.69, 9.17) is 16.7 Å². The Balaban J connectivity index is 1.73. The number of rotatable bonds is 4. The zero-order valence-corrected chi connectivity index (χ0v) is 19.0. The van der Waals surface area contributed by atoms with Gasteiger partial charge in [0.1, 0.15) is 5.76 Å². The molecular weight excluding hydrogens is 412 g/mol. The molecule has 2 aliphatic rings. The van der Waals surface area contributed by atoms with Gasteiger partial charge in [0, 0.05) is 35.3 Å². The van der Waals surface area contributed by atoms with E-state index < -0.39 is 11.1 Å². The number of carbonyl (C=O) groups is 1. The van der Waals surface area contributed by atoms with Crippen LogP contribution in [0.25, 0.3) is 11.1 Å². The molecule has 1 saturated heterocycles. The molecule has 33 heavy (non-hydrogen) atoms. The topological polar surface area (TPSA) is 84.4 Å². The standard InChI is InChI=1S/C27H28N4O2/c1-4-13-26(28)14-8-15-31(17-26)27(21-9-6-5-7-10-21)22-16-20(11-12-23(22)29-25(27)32)24-18(2)30-33-19(24)3/h1,5-7,9-12,16H,8,13-15,17,28H2,2-3H3,(H,29,32)/t26-,27?/m1/s1. The fourth-order valence-electron chi connectivity index (χ4n) is 5.59. The summed E-state index contributed by atoms with van der Waals surface area (Å²) in [6.07, 6.45) is 7.84. The molecule has 2 atom stereocenters. The van der Waals surface area contributed by atoms with E-state index in [9.17, 15) is 4.79 Å². The number of nitrogens with two attached hydrogens (primary N) is 1. The van der Waals surface area contributed by atoms with Crippen LogP contribution in [0, 0.1) is 26.2 Å². The minimum Gasteiger partial charge on any atom is -0.361 e. The number of piperidine rings is 1. The van der Waals surface area contributed by atoms with Gasteiger partial charge in [-0.15, -0.1) is 12.3 Å². The van der Waals surface area contributed by atoms with Crippen molar-refractivity contribution in [3.05, 3.63) is 71.1 Å². The lowest BCUT2D eigenvalue weighted by atomic mass is 9.77. The van der Waals surface area contributed by atoms with Crippen LogP contribution in [-0.4, -0.2) is 34.6 Å². The second-order valence-electron chi connectivity index (χ2n) is 9.26. The molecule has 6 nitrogen and oxygen atoms in total. The number of hydrogen-bond acceptors (Lipinski definition) is 5. The molecule has 0 saturated carbocycles. The van der Waals surface area contributed by atoms with Crippen LogP contribution in [0.1, 0.15) is 41.8 Å². The highest BCUT2D eigenvalue weighted by molar-refractivity contribution is 6.09. The number of nitrogens with zero attached hydrogens (tertiary/aromatic N) is 2. The number of aryl methyl sites for hydroxylation is 2. The van der Waals surface area contributed by atoms with Gasteiger partial charge in [0.05, 0.1) is 5.69 Å². The number of terminal acetylenes is 1. The molecule has 1 aromatic heterocycles. The molecule has 0 aliphatic carbocycles. The van der Waals surface area contributed by atoms with Crippen molar-refractivity contribution >= 4 is 11.6 Å². The van der Waals surface area contributed by atoms with Gasteiger partial charge in [-0.25, -0.2) is 0 Å². The van der Waals surface area contributed by atoms with Crippen molar-refractivity contribution in [1.82, 2.24) is 10.1 Å². The largest absolute Gasteiger partial charge is 0.361 e. The van der Waals surface area contributed by atoms with Crippen molar-refractivity contribution in [3.63, 3.8) is 0 Å². The summed E-state index contributed by atoms with van der Waals surface area (Å²) >= 11 is 0. The first-order valence-corrected chi connectivity index (χ1v) is 11.3. The number of anilines is 1. The van der Waals surface area contributed by atoms with E-state index in [1.807, 2.05) is 56.3 Å². The number of nitrogens with one attached hydrogen (secondary N) is 1. The Labute approximate surface area is 194 Å². The Morgan fingerprint density at radius 3 is 2.73 bits per heavy atom. The summed E-state index contributed by atoms with van der Waals surface area (Å²) in [6.45, 7) is 5.12. The van der Waals surface area contributed by atoms with E-state index in [0.29, 0.717) is 13.0 Å². The second-order valence-corrected chi connectivity index (χ2v) is 9.26. The molecule has 3 N–H and O–H groups in total. The first-order valence-electron chi connectivity index (χ1n) is 11.3. The first-order chi connectivity index (χ1) is 15.9. The fourth-order valence-corrected chi connectivity index (χ4v) is 5.59. The van der Waals surface area contributed by atoms with E-state index in [-0.39, 0.29) is 5.91 Å². The second kappa shape index (κ2) is 7.87. The number of carbonyl (C=O) groups excluding carboxylic acids is 1. The van der Waals surface area contributed by atoms with Crippen molar-refractivity contribution in [2.75, 3.05) is 18.4 Å². The molecule has 5 rings (SSSR count). The molecule has 0 radical (unpaired) electrons. The van der Waals surface area contributed by atoms with Gasteiger partial charge in [0.2, 0.25) is 0 Å². The van der Waals surface area contributed by atoms with E-state index >= 15 is 0 Å². The molecule has 168 valence electrons. The highest BCUT2D eigenvalue weighted by Gasteiger charge is 2.54. The molecule has 0 spiro atoms. The van der Waals surface area contributed by atoms with Crippen LogP contribution in [0.5, 0.6) is 0 Å². The Hall–Kier alpha value is -3.40. The Morgan fingerprint density at radius 1 is 1.24 bits per heavy atom. The van der Waals surface area contributed by atoms with Gasteiger partial charge in [-0.1, -0.05) is 41.6 Å². The Kier molecular flexibility index (Phi) is 5.12. The Morgan fingerprint density at radius 2 is 2.03 bits per heavy atom. The van der Waals surface area contributed by atoms with Gasteiger partial charge in [-0.2, -0.15) is 0 Å². The first kappa shape index (κ1) is 21.4. The minimum atomic E-state index is -0.995. The zero-order chi connectivity index (χ0) is 23.2. The molecule has 1 unspecified atom stereocenters. The number of amides is 1. The maximum absolute atomic E-state index is 13.9. The number of fused-ring (bicyclic) bond motifs is 1. The third kappa shape index (κ3) is 3.28. The smallest absolute Gasteiger partial charge is 0.254 e. The summed E-state index contributed by atoms with van der Waals surface area (Å²) in [4.78, 5) is 16.1. The van der Waals surface area contributed by atoms with Crippen LogP contribution in [-0.2, 0) is 10.3 Å². The predicted molar refractivity (Wildman–Crippen MR) is 128 cm³/mol. The van der Waals surface area contributed by atoms with Crippen molar-refractivity contribution in [1.29, 1.82) is 0 Å². The van der Waals surface area contributed by atoms with Crippen LogP contribution in [0.2, 0.25) is 0 Å². The van der Waals surface area contributed by atoms with Crippen molar-refractivity contribution in [2.45, 2.75) is 44.2 Å². The SMILES string of the molecule is C#CC[C@@]1(N)CCCN(C2(c3ccccc3)C(=O)Nc3ccc(-c4c(C)noc4C)cc32)C1. The third-order valence-electron chi connectivity index (χ3n) is 7.04. The summed E-state index contributed by atoms with van der Waals surface area (Å²) in [7, 11) is 0. The summed E-state index contributed by atoms with van der Waals surface area (Å²) in [6, 6.07) is 16.0. The highest BCUT2D eigenvalue weighted by atomic mass is 16.5. The molecule has 3 heterocycles. The third-order valence-corrected chi connectivity index (χ3v) is 7.04. The lowest BCUT2D eigenvalue weighted by Gasteiger charge is -2.47. The summed E-state index contributed by atoms with van der Waals surface area (Å²) in [5, 5.41) is 7.27. The summed E-state index contributed by atoms with van der Waals surface area (Å²) in [5.41, 5.74) is 10.6. The molecule has 1 fully saturated rings. The predicted octanol–water partition coefficient (Wildman–Crippen LogP) is 3.97. The molecule has 2 aliphatic heterocycles. The van der Waals surface area contributed by atoms with Gasteiger partial charge in [0.15, 0.2) is 5.54 Å². The van der Waals surface area contributed by atoms with Gasteiger partial charge < -0.3 is 15.6 Å². The van der Waals surface area contributed by atoms with Gasteiger partial charge in [0.25, 0.3) is 5.91 Å². The Bertz CT molecular complexity index is 1240. The number of hydrogen-bond donors (Lipinski definition) is 2. The van der Waals surface area contributed by atoms with Crippen LogP contribution in [0.4, 0.5) is 5.69 Å². The van der Waals surface area contributed by atoms with E-state index in [1.165, 1.54) is 0 Å². The maximum Gasteiger partial charge on any atom is 0.254 e. The quantitative estimate of drug-likeness (QED) is 0.600. The number of likely N-dealkylation sites (tertiary alicyclic amines) is 1. The van der Waals surface area contributed by atoms with Crippen molar-refractivity contribution in [3.8, 4) is 23.5 Å². The fraction of sp³-hybridized carbons (Fsp3) is 0.333. The van der Waals surface area contributed by atoms with Gasteiger partial charge in [-0.05, 0) is 56.5 Å². The van der Waals surface area contributed by atoms with Crippen LogP contribution < -0.4 is 11.1 Å². The number of benzene rings is 2. The average Bonchev–Trinajstić information content (AvgIpc) is 3.29. The molecule has 6 heteroatoms. The van der Waals surface area contributed by atoms with E-state index in [0.717, 1.165) is 58.8 Å². The van der Waals surface area contributed by atoms with Crippen molar-refractivity contribution in [2.24, 2.45) is 5.73 Å². The monoisotopic (exact) mass is 440 g/mol. The molecule has 3 aromatic rings. The number of aromatic nitrogens is 1. The minimum absolute atomic E-state index is 0.0652. The van der Waals surface area contributed by atoms with Crippen LogP contribution >= 0.6 is 0 Å². The molecule has 1 amide bonds. The van der Waals surface area contributed by atoms with Gasteiger partial charge >= 0.3 is 0 Å². The zero-order valence-electron chi connectivity index (χ0n) is 19.0. The lowest BCUT2D eigenvalue weighted by Crippen LogP contribution is -2.62. The van der Waals surface area contributed by atoms with Crippen molar-refractivity contribution < 1.29 is 9.32 Å². The average molecular weight is 441 g/mol.